The molecule has 1 fully saturated rings. The van der Waals surface area contributed by atoms with E-state index in [4.69, 9.17) is 4.74 Å². The van der Waals surface area contributed by atoms with E-state index in [2.05, 4.69) is 10.6 Å². The van der Waals surface area contributed by atoms with E-state index in [1.54, 1.807) is 92.0 Å². The molecule has 1 aliphatic heterocycles. The zero-order valence-corrected chi connectivity index (χ0v) is 21.1. The van der Waals surface area contributed by atoms with E-state index >= 15 is 0 Å². The van der Waals surface area contributed by atoms with Crippen molar-refractivity contribution in [1.82, 2.24) is 10.2 Å². The Balaban J connectivity index is 1.49. The topological polar surface area (TPSA) is 105 Å². The molecule has 1 saturated heterocycles. The maximum atomic E-state index is 13.2. The van der Waals surface area contributed by atoms with Gasteiger partial charge in [0, 0.05) is 29.6 Å². The largest absolute Gasteiger partial charge is 0.497 e. The number of carbonyl (C=O) groups excluding carboxylic acids is 4. The Bertz CT molecular complexity index is 1340. The van der Waals surface area contributed by atoms with Gasteiger partial charge in [0.15, 0.2) is 0 Å². The Morgan fingerprint density at radius 1 is 0.973 bits per heavy atom. The van der Waals surface area contributed by atoms with Gasteiger partial charge in [-0.25, -0.2) is 0 Å². The third-order valence-corrected chi connectivity index (χ3v) is 6.88. The zero-order chi connectivity index (χ0) is 26.4. The monoisotopic (exact) mass is 515 g/mol. The van der Waals surface area contributed by atoms with Gasteiger partial charge in [0.1, 0.15) is 11.4 Å². The number of anilines is 1. The fourth-order valence-electron chi connectivity index (χ4n) is 3.60. The van der Waals surface area contributed by atoms with Crippen LogP contribution < -0.4 is 15.4 Å². The predicted octanol–water partition coefficient (Wildman–Crippen LogP) is 3.95. The van der Waals surface area contributed by atoms with Crippen LogP contribution in [0.3, 0.4) is 0 Å². The lowest BCUT2D eigenvalue weighted by molar-refractivity contribution is -0.136. The van der Waals surface area contributed by atoms with Crippen LogP contribution >= 0.6 is 11.8 Å². The average molecular weight is 516 g/mol. The van der Waals surface area contributed by atoms with Crippen LogP contribution in [0.5, 0.6) is 5.75 Å². The first-order chi connectivity index (χ1) is 17.8. The zero-order valence-electron chi connectivity index (χ0n) is 20.3. The molecule has 1 heterocycles. The second-order valence-corrected chi connectivity index (χ2v) is 9.51. The Hall–Kier alpha value is -4.37. The van der Waals surface area contributed by atoms with Gasteiger partial charge in [0.05, 0.1) is 12.4 Å². The summed E-state index contributed by atoms with van der Waals surface area (Å²) < 4.78 is 5.18. The molecule has 0 bridgehead atoms. The number of ether oxygens (including phenoxy) is 1. The molecule has 8 nitrogen and oxygen atoms in total. The highest BCUT2D eigenvalue weighted by Gasteiger charge is 2.36. The summed E-state index contributed by atoms with van der Waals surface area (Å²) in [4.78, 5) is 51.8. The molecule has 1 aliphatic rings. The lowest BCUT2D eigenvalue weighted by Crippen LogP contribution is -2.30. The van der Waals surface area contributed by atoms with E-state index in [9.17, 15) is 19.2 Å². The normalized spacial score (nSPS) is 15.5. The number of nitrogens with one attached hydrogen (secondary N) is 2. The standard InChI is InChI=1S/C28H25N3O5S/c1-31-25(32)17-24(28(31)35)37-22-14-10-20(11-15-22)29-27(34)23(16-18-8-12-21(36-2)13-9-18)30-26(33)19-6-4-3-5-7-19/h3-16,24H,17H2,1-2H3,(H,29,34)(H,30,33)/b23-16-. The molecule has 1 atom stereocenters. The predicted molar refractivity (Wildman–Crippen MR) is 142 cm³/mol. The second-order valence-electron chi connectivity index (χ2n) is 8.23. The molecule has 0 spiro atoms. The number of likely N-dealkylation sites (tertiary alicyclic amines) is 1. The summed E-state index contributed by atoms with van der Waals surface area (Å²) in [5, 5.41) is 5.05. The number of carbonyl (C=O) groups is 4. The molecule has 4 amide bonds. The summed E-state index contributed by atoms with van der Waals surface area (Å²) >= 11 is 1.31. The lowest BCUT2D eigenvalue weighted by Gasteiger charge is -2.12. The number of benzene rings is 3. The van der Waals surface area contributed by atoms with Crippen molar-refractivity contribution in [1.29, 1.82) is 0 Å². The van der Waals surface area contributed by atoms with Crippen molar-refractivity contribution in [2.45, 2.75) is 16.6 Å². The summed E-state index contributed by atoms with van der Waals surface area (Å²) in [5.74, 6) is -0.651. The van der Waals surface area contributed by atoms with Gasteiger partial charge in [-0.2, -0.15) is 0 Å². The Morgan fingerprint density at radius 3 is 2.24 bits per heavy atom. The molecular weight excluding hydrogens is 490 g/mol. The maximum absolute atomic E-state index is 13.2. The van der Waals surface area contributed by atoms with Crippen LogP contribution in [0.25, 0.3) is 6.08 Å². The highest BCUT2D eigenvalue weighted by atomic mass is 32.2. The first kappa shape index (κ1) is 25.7. The van der Waals surface area contributed by atoms with Gasteiger partial charge in [-0.15, -0.1) is 11.8 Å². The Morgan fingerprint density at radius 2 is 1.65 bits per heavy atom. The quantitative estimate of drug-likeness (QED) is 0.348. The molecule has 0 saturated carbocycles. The van der Waals surface area contributed by atoms with Crippen LogP contribution in [-0.4, -0.2) is 47.9 Å². The fraction of sp³-hybridized carbons (Fsp3) is 0.143. The van der Waals surface area contributed by atoms with Crippen LogP contribution in [0.1, 0.15) is 22.3 Å². The lowest BCUT2D eigenvalue weighted by atomic mass is 10.1. The van der Waals surface area contributed by atoms with E-state index in [1.807, 2.05) is 0 Å². The minimum absolute atomic E-state index is 0.0653. The highest BCUT2D eigenvalue weighted by Crippen LogP contribution is 2.31. The summed E-state index contributed by atoms with van der Waals surface area (Å²) in [5.41, 5.74) is 1.69. The summed E-state index contributed by atoms with van der Waals surface area (Å²) in [6.07, 6.45) is 1.75. The van der Waals surface area contributed by atoms with Gasteiger partial charge >= 0.3 is 0 Å². The van der Waals surface area contributed by atoms with Crippen molar-refractivity contribution in [2.75, 3.05) is 19.5 Å². The smallest absolute Gasteiger partial charge is 0.272 e. The van der Waals surface area contributed by atoms with Crippen LogP contribution in [-0.2, 0) is 14.4 Å². The molecule has 188 valence electrons. The summed E-state index contributed by atoms with van der Waals surface area (Å²) in [6.45, 7) is 0. The van der Waals surface area contributed by atoms with Crippen molar-refractivity contribution >= 4 is 47.2 Å². The van der Waals surface area contributed by atoms with Gasteiger partial charge in [0.25, 0.3) is 11.8 Å². The molecule has 2 N–H and O–H groups in total. The van der Waals surface area contributed by atoms with Crippen molar-refractivity contribution in [3.8, 4) is 5.75 Å². The molecule has 0 radical (unpaired) electrons. The highest BCUT2D eigenvalue weighted by molar-refractivity contribution is 8.00. The molecule has 0 aromatic heterocycles. The maximum Gasteiger partial charge on any atom is 0.272 e. The van der Waals surface area contributed by atoms with E-state index in [0.717, 1.165) is 9.80 Å². The van der Waals surface area contributed by atoms with Crippen molar-refractivity contribution in [2.24, 2.45) is 0 Å². The van der Waals surface area contributed by atoms with Crippen molar-refractivity contribution in [3.63, 3.8) is 0 Å². The third-order valence-electron chi connectivity index (χ3n) is 5.69. The van der Waals surface area contributed by atoms with Crippen LogP contribution in [0.2, 0.25) is 0 Å². The van der Waals surface area contributed by atoms with Crippen molar-refractivity contribution in [3.05, 3.63) is 95.7 Å². The molecule has 3 aromatic rings. The van der Waals surface area contributed by atoms with E-state index in [1.165, 1.54) is 18.8 Å². The van der Waals surface area contributed by atoms with Gasteiger partial charge in [-0.3, -0.25) is 24.1 Å². The number of methoxy groups -OCH3 is 1. The third kappa shape index (κ3) is 6.45. The van der Waals surface area contributed by atoms with Crippen LogP contribution in [0.4, 0.5) is 5.69 Å². The van der Waals surface area contributed by atoms with Crippen LogP contribution in [0.15, 0.2) is 89.5 Å². The number of amides is 4. The number of thioether (sulfide) groups is 1. The van der Waals surface area contributed by atoms with Gasteiger partial charge in [-0.1, -0.05) is 30.3 Å². The minimum atomic E-state index is -0.501. The second kappa shape index (κ2) is 11.6. The van der Waals surface area contributed by atoms with Gasteiger partial charge < -0.3 is 15.4 Å². The Labute approximate surface area is 218 Å². The molecule has 0 aliphatic carbocycles. The van der Waals surface area contributed by atoms with Crippen molar-refractivity contribution < 1.29 is 23.9 Å². The summed E-state index contributed by atoms with van der Waals surface area (Å²) in [6, 6.07) is 22.6. The first-order valence-electron chi connectivity index (χ1n) is 11.4. The van der Waals surface area contributed by atoms with Gasteiger partial charge in [-0.05, 0) is 60.2 Å². The number of hydrogen-bond donors (Lipinski definition) is 2. The Kier molecular flexibility index (Phi) is 8.05. The molecule has 1 unspecified atom stereocenters. The van der Waals surface area contributed by atoms with E-state index in [-0.39, 0.29) is 23.9 Å². The molecular formula is C28H25N3O5S. The molecule has 4 rings (SSSR count). The number of imide groups is 1. The van der Waals surface area contributed by atoms with E-state index in [0.29, 0.717) is 22.6 Å². The minimum Gasteiger partial charge on any atom is -0.497 e. The number of nitrogens with zero attached hydrogens (tertiary/aromatic N) is 1. The first-order valence-corrected chi connectivity index (χ1v) is 12.3. The molecule has 3 aromatic carbocycles. The van der Waals surface area contributed by atoms with Crippen LogP contribution in [0, 0.1) is 0 Å². The number of hydrogen-bond acceptors (Lipinski definition) is 6. The molecule has 9 heteroatoms. The SMILES string of the molecule is COc1ccc(/C=C(\NC(=O)c2ccccc2)C(=O)Nc2ccc(SC3CC(=O)N(C)C3=O)cc2)cc1. The van der Waals surface area contributed by atoms with E-state index < -0.39 is 17.1 Å². The summed E-state index contributed by atoms with van der Waals surface area (Å²) in [7, 11) is 3.05. The number of rotatable bonds is 8. The average Bonchev–Trinajstić information content (AvgIpc) is 3.16. The fourth-order valence-corrected chi connectivity index (χ4v) is 4.71. The van der Waals surface area contributed by atoms with Gasteiger partial charge in [0.2, 0.25) is 11.8 Å². The molecule has 37 heavy (non-hydrogen) atoms.